The first kappa shape index (κ1) is 7.52. The lowest BCUT2D eigenvalue weighted by Crippen LogP contribution is -2.17. The van der Waals surface area contributed by atoms with Crippen LogP contribution >= 0.6 is 0 Å². The van der Waals surface area contributed by atoms with Crippen LogP contribution in [-0.2, 0) is 4.74 Å². The summed E-state index contributed by atoms with van der Waals surface area (Å²) in [6.07, 6.45) is 0. The summed E-state index contributed by atoms with van der Waals surface area (Å²) in [6.45, 7) is 5.52. The van der Waals surface area contributed by atoms with Crippen molar-refractivity contribution in [3.05, 3.63) is 7.11 Å². The summed E-state index contributed by atoms with van der Waals surface area (Å²) in [5.41, 5.74) is -0.380. The van der Waals surface area contributed by atoms with E-state index in [1.165, 1.54) is 0 Å². The highest BCUT2D eigenvalue weighted by Crippen LogP contribution is 2.04. The van der Waals surface area contributed by atoms with Crippen molar-refractivity contribution < 1.29 is 4.74 Å². The third-order valence-electron chi connectivity index (χ3n) is 0.787. The predicted octanol–water partition coefficient (Wildman–Crippen LogP) is 1.60. The maximum atomic E-state index is 4.75. The van der Waals surface area contributed by atoms with Crippen LogP contribution in [0.25, 0.3) is 0 Å². The first-order valence-electron chi connectivity index (χ1n) is 2.49. The molecule has 0 heterocycles. The highest BCUT2D eigenvalue weighted by molar-refractivity contribution is 5.08. The first-order valence-corrected chi connectivity index (χ1v) is 2.49. The van der Waals surface area contributed by atoms with Gasteiger partial charge in [-0.2, -0.15) is 0 Å². The molecule has 0 aliphatic rings. The van der Waals surface area contributed by atoms with Crippen LogP contribution in [0.2, 0.25) is 0 Å². The van der Waals surface area contributed by atoms with Gasteiger partial charge < -0.3 is 4.74 Å². The summed E-state index contributed by atoms with van der Waals surface area (Å²) in [5, 5.41) is 0. The zero-order valence-corrected chi connectivity index (χ0v) is 5.62. The molecule has 0 saturated heterocycles. The molecule has 45 valence electrons. The molecule has 0 rings (SSSR count). The van der Waals surface area contributed by atoms with Gasteiger partial charge in [0, 0.05) is 0 Å². The monoisotopic (exact) mass is 111 g/mol. The minimum atomic E-state index is -0.380. The quantitative estimate of drug-likeness (QED) is 0.467. The zero-order chi connectivity index (χ0) is 6.62. The van der Waals surface area contributed by atoms with E-state index in [0.717, 1.165) is 0 Å². The summed E-state index contributed by atoms with van der Waals surface area (Å²) in [7, 11) is 3.27. The van der Waals surface area contributed by atoms with Crippen molar-refractivity contribution in [2.75, 3.05) is 0 Å². The minimum Gasteiger partial charge on any atom is -0.361 e. The third kappa shape index (κ3) is 2.65. The molecular formula is C7H11O. The molecule has 0 N–H and O–H groups in total. The van der Waals surface area contributed by atoms with Crippen molar-refractivity contribution in [2.24, 2.45) is 0 Å². The fourth-order valence-corrected chi connectivity index (χ4v) is 0.337. The maximum Gasteiger partial charge on any atom is 0.123 e. The third-order valence-corrected chi connectivity index (χ3v) is 0.787. The van der Waals surface area contributed by atoms with Gasteiger partial charge >= 0.3 is 0 Å². The zero-order valence-electron chi connectivity index (χ0n) is 5.62. The molecule has 0 unspecified atom stereocenters. The van der Waals surface area contributed by atoms with Gasteiger partial charge in [0.1, 0.15) is 5.60 Å². The van der Waals surface area contributed by atoms with Gasteiger partial charge in [-0.3, -0.25) is 0 Å². The molecule has 8 heavy (non-hydrogen) atoms. The Morgan fingerprint density at radius 3 is 2.12 bits per heavy atom. The summed E-state index contributed by atoms with van der Waals surface area (Å²) in [6, 6.07) is 0. The average molecular weight is 111 g/mol. The molecule has 0 fully saturated rings. The van der Waals surface area contributed by atoms with Crippen LogP contribution < -0.4 is 0 Å². The summed E-state index contributed by atoms with van der Waals surface area (Å²) < 4.78 is 4.75. The molecule has 0 atom stereocenters. The Morgan fingerprint density at radius 1 is 1.50 bits per heavy atom. The van der Waals surface area contributed by atoms with E-state index in [0.29, 0.717) is 0 Å². The molecule has 1 heteroatoms. The standard InChI is InChI=1S/C7H11O/c1-5-6-7(2,3)8-4/h4H2,1-3H3. The molecule has 0 aromatic carbocycles. The van der Waals surface area contributed by atoms with Crippen LogP contribution in [0.1, 0.15) is 20.8 Å². The Morgan fingerprint density at radius 2 is 2.00 bits per heavy atom. The van der Waals surface area contributed by atoms with Crippen LogP contribution in [0.15, 0.2) is 0 Å². The number of hydrogen-bond acceptors (Lipinski definition) is 1. The predicted molar refractivity (Wildman–Crippen MR) is 34.0 cm³/mol. The van der Waals surface area contributed by atoms with E-state index in [1.54, 1.807) is 6.92 Å². The fraction of sp³-hybridized carbons (Fsp3) is 0.571. The topological polar surface area (TPSA) is 9.23 Å². The molecule has 0 saturated carbocycles. The molecule has 0 bridgehead atoms. The molecule has 0 aromatic rings. The van der Waals surface area contributed by atoms with E-state index in [4.69, 9.17) is 4.74 Å². The van der Waals surface area contributed by atoms with E-state index in [2.05, 4.69) is 19.0 Å². The second-order valence-corrected chi connectivity index (χ2v) is 2.03. The SMILES string of the molecule is [CH2]OC(C)(C)C#CC. The largest absolute Gasteiger partial charge is 0.361 e. The summed E-state index contributed by atoms with van der Waals surface area (Å²) in [4.78, 5) is 0. The second-order valence-electron chi connectivity index (χ2n) is 2.03. The lowest BCUT2D eigenvalue weighted by Gasteiger charge is -2.13. The lowest BCUT2D eigenvalue weighted by molar-refractivity contribution is 0.108. The number of hydrogen-bond donors (Lipinski definition) is 0. The summed E-state index contributed by atoms with van der Waals surface area (Å²) >= 11 is 0. The summed E-state index contributed by atoms with van der Waals surface area (Å²) in [5.74, 6) is 5.58. The molecule has 0 amide bonds. The van der Waals surface area contributed by atoms with Crippen molar-refractivity contribution >= 4 is 0 Å². The van der Waals surface area contributed by atoms with Crippen LogP contribution in [-0.4, -0.2) is 5.60 Å². The van der Waals surface area contributed by atoms with Crippen LogP contribution in [0.4, 0.5) is 0 Å². The van der Waals surface area contributed by atoms with E-state index in [9.17, 15) is 0 Å². The minimum absolute atomic E-state index is 0.380. The fourth-order valence-electron chi connectivity index (χ4n) is 0.337. The molecule has 0 aliphatic carbocycles. The van der Waals surface area contributed by atoms with Crippen LogP contribution in [0.5, 0.6) is 0 Å². The van der Waals surface area contributed by atoms with E-state index in [-0.39, 0.29) is 5.60 Å². The molecule has 0 spiro atoms. The normalized spacial score (nSPS) is 10.0. The smallest absolute Gasteiger partial charge is 0.123 e. The Bertz CT molecular complexity index is 114. The molecule has 1 nitrogen and oxygen atoms in total. The van der Waals surface area contributed by atoms with E-state index < -0.39 is 0 Å². The maximum absolute atomic E-state index is 4.75. The molecular weight excluding hydrogens is 100 g/mol. The number of ether oxygens (including phenoxy) is 1. The van der Waals surface area contributed by atoms with Crippen molar-refractivity contribution in [3.8, 4) is 11.8 Å². The van der Waals surface area contributed by atoms with E-state index in [1.807, 2.05) is 13.8 Å². The Kier molecular flexibility index (Phi) is 2.57. The Balaban J connectivity index is 3.85. The van der Waals surface area contributed by atoms with Crippen molar-refractivity contribution in [1.29, 1.82) is 0 Å². The van der Waals surface area contributed by atoms with Gasteiger partial charge in [-0.15, -0.1) is 5.92 Å². The first-order chi connectivity index (χ1) is 3.62. The van der Waals surface area contributed by atoms with E-state index >= 15 is 0 Å². The number of rotatable bonds is 1. The highest BCUT2D eigenvalue weighted by atomic mass is 16.5. The van der Waals surface area contributed by atoms with Gasteiger partial charge in [0.15, 0.2) is 0 Å². The van der Waals surface area contributed by atoms with Crippen molar-refractivity contribution in [1.82, 2.24) is 0 Å². The van der Waals surface area contributed by atoms with Gasteiger partial charge in [0.2, 0.25) is 0 Å². The highest BCUT2D eigenvalue weighted by Gasteiger charge is 2.09. The molecule has 0 aliphatic heterocycles. The van der Waals surface area contributed by atoms with Gasteiger partial charge in [0.05, 0.1) is 7.11 Å². The van der Waals surface area contributed by atoms with Crippen LogP contribution in [0.3, 0.4) is 0 Å². The molecule has 1 radical (unpaired) electrons. The van der Waals surface area contributed by atoms with Gasteiger partial charge in [-0.25, -0.2) is 0 Å². The van der Waals surface area contributed by atoms with Crippen LogP contribution in [0, 0.1) is 19.0 Å². The van der Waals surface area contributed by atoms with Gasteiger partial charge in [0.25, 0.3) is 0 Å². The lowest BCUT2D eigenvalue weighted by atomic mass is 10.1. The van der Waals surface area contributed by atoms with Crippen molar-refractivity contribution in [2.45, 2.75) is 26.4 Å². The Hall–Kier alpha value is -0.480. The van der Waals surface area contributed by atoms with Gasteiger partial charge in [-0.1, -0.05) is 5.92 Å². The average Bonchev–Trinajstić information content (AvgIpc) is 1.67. The Labute approximate surface area is 51.0 Å². The second kappa shape index (κ2) is 2.74. The van der Waals surface area contributed by atoms with Crippen molar-refractivity contribution in [3.63, 3.8) is 0 Å². The molecule has 0 aromatic heterocycles. The van der Waals surface area contributed by atoms with Gasteiger partial charge in [-0.05, 0) is 20.8 Å².